The Balaban J connectivity index is 2.50. The number of benzene rings is 2. The van der Waals surface area contributed by atoms with Crippen molar-refractivity contribution in [2.24, 2.45) is 0 Å². The minimum atomic E-state index is -3.94. The normalized spacial score (nSPS) is 10.8. The fraction of sp³-hybridized carbons (Fsp3) is 0.111. The first-order chi connectivity index (χ1) is 12.4. The number of rotatable bonds is 8. The van der Waals surface area contributed by atoms with E-state index in [4.69, 9.17) is 5.11 Å². The molecule has 0 aliphatic heterocycles. The van der Waals surface area contributed by atoms with E-state index in [1.54, 1.807) is 30.3 Å². The van der Waals surface area contributed by atoms with Crippen LogP contribution in [0.2, 0.25) is 0 Å². The lowest BCUT2D eigenvalue weighted by Crippen LogP contribution is -2.35. The zero-order valence-electron chi connectivity index (χ0n) is 13.8. The van der Waals surface area contributed by atoms with Crippen LogP contribution in [0.5, 0.6) is 0 Å². The van der Waals surface area contributed by atoms with Crippen LogP contribution in [0.4, 0.5) is 5.69 Å². The number of hydrogen-bond acceptors (Lipinski definition) is 4. The molecule has 7 nitrogen and oxygen atoms in total. The number of anilines is 1. The Bertz CT molecular complexity index is 910. The van der Waals surface area contributed by atoms with Crippen LogP contribution >= 0.6 is 0 Å². The first-order valence-electron chi connectivity index (χ1n) is 7.65. The Morgan fingerprint density at radius 3 is 2.31 bits per heavy atom. The van der Waals surface area contributed by atoms with Gasteiger partial charge < -0.3 is 10.4 Å². The molecule has 0 aliphatic rings. The van der Waals surface area contributed by atoms with Crippen LogP contribution in [0.3, 0.4) is 0 Å². The number of carboxylic acid groups (broad SMARTS) is 1. The largest absolute Gasteiger partial charge is 0.480 e. The highest BCUT2D eigenvalue weighted by Gasteiger charge is 2.27. The summed E-state index contributed by atoms with van der Waals surface area (Å²) in [6, 6.07) is 13.9. The highest BCUT2D eigenvalue weighted by atomic mass is 32.2. The highest BCUT2D eigenvalue weighted by Crippen LogP contribution is 2.27. The number of carboxylic acids is 1. The third kappa shape index (κ3) is 4.28. The summed E-state index contributed by atoms with van der Waals surface area (Å²) in [5.74, 6) is -1.88. The molecular formula is C18H18N2O5S. The number of carbonyl (C=O) groups excluding carboxylic acids is 1. The van der Waals surface area contributed by atoms with Gasteiger partial charge in [0.1, 0.15) is 6.54 Å². The summed E-state index contributed by atoms with van der Waals surface area (Å²) in [7, 11) is -3.94. The molecule has 2 N–H and O–H groups in total. The van der Waals surface area contributed by atoms with Gasteiger partial charge in [-0.3, -0.25) is 13.9 Å². The summed E-state index contributed by atoms with van der Waals surface area (Å²) in [4.78, 5) is 23.1. The molecule has 136 valence electrons. The predicted molar refractivity (Wildman–Crippen MR) is 97.6 cm³/mol. The van der Waals surface area contributed by atoms with E-state index in [2.05, 4.69) is 11.9 Å². The van der Waals surface area contributed by atoms with E-state index in [1.807, 2.05) is 0 Å². The molecule has 0 fully saturated rings. The molecule has 0 unspecified atom stereocenters. The van der Waals surface area contributed by atoms with E-state index >= 15 is 0 Å². The molecule has 0 bridgehead atoms. The smallest absolute Gasteiger partial charge is 0.322 e. The molecule has 1 amide bonds. The van der Waals surface area contributed by atoms with Crippen molar-refractivity contribution in [3.63, 3.8) is 0 Å². The summed E-state index contributed by atoms with van der Waals surface area (Å²) in [5, 5.41) is 11.0. The summed E-state index contributed by atoms with van der Waals surface area (Å²) >= 11 is 0. The third-order valence-corrected chi connectivity index (χ3v) is 5.24. The first-order valence-corrected chi connectivity index (χ1v) is 9.09. The maximum atomic E-state index is 13.0. The maximum absolute atomic E-state index is 13.0. The second-order valence-corrected chi connectivity index (χ2v) is 7.09. The summed E-state index contributed by atoms with van der Waals surface area (Å²) in [5.41, 5.74) is 0.189. The van der Waals surface area contributed by atoms with Crippen molar-refractivity contribution in [2.45, 2.75) is 4.90 Å². The van der Waals surface area contributed by atoms with Gasteiger partial charge in [-0.1, -0.05) is 36.4 Å². The Kier molecular flexibility index (Phi) is 6.13. The van der Waals surface area contributed by atoms with E-state index in [9.17, 15) is 18.0 Å². The first kappa shape index (κ1) is 19.2. The summed E-state index contributed by atoms with van der Waals surface area (Å²) in [6.07, 6.45) is 1.41. The Morgan fingerprint density at radius 1 is 1.08 bits per heavy atom. The number of amides is 1. The number of hydrogen-bond donors (Lipinski definition) is 2. The van der Waals surface area contributed by atoms with Crippen molar-refractivity contribution in [3.8, 4) is 0 Å². The number of sulfonamides is 1. The summed E-state index contributed by atoms with van der Waals surface area (Å²) < 4.78 is 27.1. The monoisotopic (exact) mass is 374 g/mol. The van der Waals surface area contributed by atoms with Gasteiger partial charge in [-0.15, -0.1) is 6.58 Å². The molecule has 0 saturated carbocycles. The van der Waals surface area contributed by atoms with Gasteiger partial charge in [-0.2, -0.15) is 0 Å². The fourth-order valence-electron chi connectivity index (χ4n) is 2.30. The van der Waals surface area contributed by atoms with Gasteiger partial charge in [0.2, 0.25) is 0 Å². The topological polar surface area (TPSA) is 104 Å². The number of aliphatic carboxylic acids is 1. The quantitative estimate of drug-likeness (QED) is 0.687. The molecule has 2 aromatic carbocycles. The SMILES string of the molecule is C=CCN(c1ccccc1C(=O)NCC(=O)O)S(=O)(=O)c1ccccc1. The predicted octanol–water partition coefficient (Wildman–Crippen LogP) is 1.88. The molecule has 0 heterocycles. The lowest BCUT2D eigenvalue weighted by molar-refractivity contribution is -0.135. The van der Waals surface area contributed by atoms with E-state index in [0.717, 1.165) is 4.31 Å². The zero-order chi connectivity index (χ0) is 19.2. The van der Waals surface area contributed by atoms with Crippen LogP contribution in [0.15, 0.2) is 72.1 Å². The number of para-hydroxylation sites is 1. The van der Waals surface area contributed by atoms with E-state index in [0.29, 0.717) is 0 Å². The van der Waals surface area contributed by atoms with Crippen molar-refractivity contribution in [3.05, 3.63) is 72.8 Å². The lowest BCUT2D eigenvalue weighted by Gasteiger charge is -2.25. The van der Waals surface area contributed by atoms with Crippen molar-refractivity contribution in [2.75, 3.05) is 17.4 Å². The Labute approximate surface area is 151 Å². The minimum absolute atomic E-state index is 0.0510. The third-order valence-electron chi connectivity index (χ3n) is 3.44. The van der Waals surface area contributed by atoms with Crippen molar-refractivity contribution in [1.82, 2.24) is 5.32 Å². The standard InChI is InChI=1S/C18H18N2O5S/c1-2-12-20(26(24,25)14-8-4-3-5-9-14)16-11-7-6-10-15(16)18(23)19-13-17(21)22/h2-11H,1,12-13H2,(H,19,23)(H,21,22). The lowest BCUT2D eigenvalue weighted by atomic mass is 10.1. The molecule has 0 atom stereocenters. The van der Waals surface area contributed by atoms with Gasteiger partial charge in [-0.25, -0.2) is 8.42 Å². The van der Waals surface area contributed by atoms with E-state index in [1.165, 1.54) is 30.3 Å². The van der Waals surface area contributed by atoms with Crippen LogP contribution in [0, 0.1) is 0 Å². The molecule has 0 aromatic heterocycles. The van der Waals surface area contributed by atoms with Crippen molar-refractivity contribution in [1.29, 1.82) is 0 Å². The van der Waals surface area contributed by atoms with Gasteiger partial charge in [0, 0.05) is 0 Å². The Morgan fingerprint density at radius 2 is 1.69 bits per heavy atom. The molecular weight excluding hydrogens is 356 g/mol. The number of carbonyl (C=O) groups is 2. The number of nitrogens with zero attached hydrogens (tertiary/aromatic N) is 1. The van der Waals surface area contributed by atoms with E-state index < -0.39 is 28.4 Å². The zero-order valence-corrected chi connectivity index (χ0v) is 14.6. The minimum Gasteiger partial charge on any atom is -0.480 e. The highest BCUT2D eigenvalue weighted by molar-refractivity contribution is 7.92. The fourth-order valence-corrected chi connectivity index (χ4v) is 3.77. The molecule has 26 heavy (non-hydrogen) atoms. The molecule has 8 heteroatoms. The van der Waals surface area contributed by atoms with Crippen LogP contribution in [0.1, 0.15) is 10.4 Å². The summed E-state index contributed by atoms with van der Waals surface area (Å²) in [6.45, 7) is 2.96. The molecule has 2 aromatic rings. The second-order valence-electron chi connectivity index (χ2n) is 5.23. The molecule has 0 aliphatic carbocycles. The van der Waals surface area contributed by atoms with Crippen LogP contribution in [0.25, 0.3) is 0 Å². The van der Waals surface area contributed by atoms with Crippen molar-refractivity contribution < 1.29 is 23.1 Å². The Hall–Kier alpha value is -3.13. The van der Waals surface area contributed by atoms with Crippen LogP contribution < -0.4 is 9.62 Å². The molecule has 0 radical (unpaired) electrons. The average Bonchev–Trinajstić information content (AvgIpc) is 2.64. The van der Waals surface area contributed by atoms with Gasteiger partial charge in [0.25, 0.3) is 15.9 Å². The van der Waals surface area contributed by atoms with E-state index in [-0.39, 0.29) is 22.7 Å². The maximum Gasteiger partial charge on any atom is 0.322 e. The molecule has 2 rings (SSSR count). The van der Waals surface area contributed by atoms with Gasteiger partial charge >= 0.3 is 5.97 Å². The van der Waals surface area contributed by atoms with Gasteiger partial charge in [-0.05, 0) is 24.3 Å². The average molecular weight is 374 g/mol. The second kappa shape index (κ2) is 8.30. The molecule has 0 saturated heterocycles. The van der Waals surface area contributed by atoms with Crippen LogP contribution in [-0.4, -0.2) is 38.5 Å². The van der Waals surface area contributed by atoms with Gasteiger partial charge in [0.15, 0.2) is 0 Å². The van der Waals surface area contributed by atoms with Crippen LogP contribution in [-0.2, 0) is 14.8 Å². The van der Waals surface area contributed by atoms with Crippen molar-refractivity contribution >= 4 is 27.6 Å². The molecule has 0 spiro atoms. The van der Waals surface area contributed by atoms with Gasteiger partial charge in [0.05, 0.1) is 22.7 Å². The number of nitrogens with one attached hydrogen (secondary N) is 1.